The van der Waals surface area contributed by atoms with Crippen LogP contribution in [0.1, 0.15) is 39.2 Å². The molecule has 1 aliphatic rings. The second kappa shape index (κ2) is 7.50. The third-order valence-corrected chi connectivity index (χ3v) is 4.55. The van der Waals surface area contributed by atoms with Gasteiger partial charge >= 0.3 is 0 Å². The van der Waals surface area contributed by atoms with Crippen LogP contribution in [0.15, 0.2) is 16.6 Å². The highest BCUT2D eigenvalue weighted by atomic mass is 79.9. The number of fused-ring (bicyclic) bond motifs is 1. The summed E-state index contributed by atoms with van der Waals surface area (Å²) < 4.78 is 12.4. The van der Waals surface area contributed by atoms with Crippen molar-refractivity contribution >= 4 is 15.9 Å². The number of hydrogen-bond acceptors (Lipinski definition) is 3. The molecule has 2 rings (SSSR count). The molecule has 1 aromatic rings. The average molecular weight is 356 g/mol. The first-order chi connectivity index (χ1) is 10.0. The number of halogens is 1. The molecule has 0 atom stereocenters. The zero-order valence-corrected chi connectivity index (χ0v) is 14.9. The van der Waals surface area contributed by atoms with E-state index >= 15 is 0 Å². The Kier molecular flexibility index (Phi) is 5.94. The lowest BCUT2D eigenvalue weighted by molar-refractivity contribution is 0.171. The lowest BCUT2D eigenvalue weighted by Crippen LogP contribution is -2.30. The molecule has 1 aliphatic heterocycles. The standard InChI is InChI=1S/C17H26BrNO2/c1-4-7-19-12-17(2,3)6-5-13-10-15-16(11-14(13)18)21-9-8-20-15/h10-11,19H,4-9,12H2,1-3H3. The molecule has 0 saturated carbocycles. The Morgan fingerprint density at radius 1 is 1.19 bits per heavy atom. The molecular weight excluding hydrogens is 330 g/mol. The normalized spacial score (nSPS) is 14.3. The highest BCUT2D eigenvalue weighted by Crippen LogP contribution is 2.37. The molecule has 0 saturated heterocycles. The van der Waals surface area contributed by atoms with Crippen LogP contribution in [0.4, 0.5) is 0 Å². The molecule has 0 unspecified atom stereocenters. The van der Waals surface area contributed by atoms with E-state index in [0.29, 0.717) is 18.6 Å². The molecule has 21 heavy (non-hydrogen) atoms. The predicted octanol–water partition coefficient (Wildman–Crippen LogP) is 4.18. The van der Waals surface area contributed by atoms with Crippen LogP contribution in [0.25, 0.3) is 0 Å². The zero-order valence-electron chi connectivity index (χ0n) is 13.3. The van der Waals surface area contributed by atoms with Crippen molar-refractivity contribution < 1.29 is 9.47 Å². The Balaban J connectivity index is 1.96. The first-order valence-corrected chi connectivity index (χ1v) is 8.60. The molecule has 3 nitrogen and oxygen atoms in total. The summed E-state index contributed by atoms with van der Waals surface area (Å²) in [6.45, 7) is 10.3. The number of hydrogen-bond donors (Lipinski definition) is 1. The molecular formula is C17H26BrNO2. The van der Waals surface area contributed by atoms with Gasteiger partial charge in [-0.15, -0.1) is 0 Å². The smallest absolute Gasteiger partial charge is 0.162 e. The SMILES string of the molecule is CCCNCC(C)(C)CCc1cc2c(cc1Br)OCCO2. The van der Waals surface area contributed by atoms with Crippen LogP contribution in [-0.2, 0) is 6.42 Å². The predicted molar refractivity (Wildman–Crippen MR) is 90.4 cm³/mol. The van der Waals surface area contributed by atoms with Gasteiger partial charge in [-0.1, -0.05) is 36.7 Å². The number of ether oxygens (including phenoxy) is 2. The maximum absolute atomic E-state index is 5.67. The van der Waals surface area contributed by atoms with Gasteiger partial charge < -0.3 is 14.8 Å². The Labute approximate surface area is 136 Å². The monoisotopic (exact) mass is 355 g/mol. The molecule has 0 aromatic heterocycles. The zero-order chi connectivity index (χ0) is 15.3. The minimum Gasteiger partial charge on any atom is -0.486 e. The van der Waals surface area contributed by atoms with E-state index in [2.05, 4.69) is 48.1 Å². The van der Waals surface area contributed by atoms with Crippen molar-refractivity contribution in [3.05, 3.63) is 22.2 Å². The molecule has 1 aromatic carbocycles. The summed E-state index contributed by atoms with van der Waals surface area (Å²) in [5.74, 6) is 1.72. The molecule has 0 aliphatic carbocycles. The quantitative estimate of drug-likeness (QED) is 0.744. The summed E-state index contributed by atoms with van der Waals surface area (Å²) in [6.07, 6.45) is 3.36. The van der Waals surface area contributed by atoms with E-state index in [4.69, 9.17) is 9.47 Å². The molecule has 1 heterocycles. The first kappa shape index (κ1) is 16.6. The summed E-state index contributed by atoms with van der Waals surface area (Å²) in [7, 11) is 0. The van der Waals surface area contributed by atoms with Crippen molar-refractivity contribution in [2.24, 2.45) is 5.41 Å². The lowest BCUT2D eigenvalue weighted by atomic mass is 9.86. The van der Waals surface area contributed by atoms with Crippen LogP contribution in [-0.4, -0.2) is 26.3 Å². The van der Waals surface area contributed by atoms with E-state index in [1.54, 1.807) is 0 Å². The van der Waals surface area contributed by atoms with Gasteiger partial charge in [-0.25, -0.2) is 0 Å². The molecule has 0 radical (unpaired) electrons. The number of rotatable bonds is 7. The van der Waals surface area contributed by atoms with Crippen molar-refractivity contribution in [3.63, 3.8) is 0 Å². The van der Waals surface area contributed by atoms with E-state index in [9.17, 15) is 0 Å². The summed E-state index contributed by atoms with van der Waals surface area (Å²) in [5, 5.41) is 3.52. The topological polar surface area (TPSA) is 30.5 Å². The van der Waals surface area contributed by atoms with Crippen LogP contribution < -0.4 is 14.8 Å². The van der Waals surface area contributed by atoms with Gasteiger partial charge in [-0.05, 0) is 48.9 Å². The lowest BCUT2D eigenvalue weighted by Gasteiger charge is -2.26. The fourth-order valence-corrected chi connectivity index (χ4v) is 2.98. The maximum Gasteiger partial charge on any atom is 0.162 e. The van der Waals surface area contributed by atoms with Crippen LogP contribution in [0.3, 0.4) is 0 Å². The van der Waals surface area contributed by atoms with Crippen molar-refractivity contribution in [1.29, 1.82) is 0 Å². The van der Waals surface area contributed by atoms with Crippen LogP contribution in [0, 0.1) is 5.41 Å². The third kappa shape index (κ3) is 4.89. The Morgan fingerprint density at radius 2 is 1.86 bits per heavy atom. The van der Waals surface area contributed by atoms with Crippen molar-refractivity contribution in [2.45, 2.75) is 40.0 Å². The first-order valence-electron chi connectivity index (χ1n) is 7.80. The molecule has 0 amide bonds. The van der Waals surface area contributed by atoms with Crippen LogP contribution in [0.5, 0.6) is 11.5 Å². The minimum absolute atomic E-state index is 0.294. The number of benzene rings is 1. The van der Waals surface area contributed by atoms with Gasteiger partial charge in [0.1, 0.15) is 13.2 Å². The highest BCUT2D eigenvalue weighted by molar-refractivity contribution is 9.10. The summed E-state index contributed by atoms with van der Waals surface area (Å²) in [5.41, 5.74) is 1.59. The second-order valence-electron chi connectivity index (χ2n) is 6.43. The maximum atomic E-state index is 5.67. The van der Waals surface area contributed by atoms with Gasteiger partial charge in [0, 0.05) is 11.0 Å². The van der Waals surface area contributed by atoms with Gasteiger partial charge in [-0.3, -0.25) is 0 Å². The van der Waals surface area contributed by atoms with Gasteiger partial charge in [0.25, 0.3) is 0 Å². The Bertz CT molecular complexity index is 474. The van der Waals surface area contributed by atoms with Gasteiger partial charge in [0.2, 0.25) is 0 Å². The Morgan fingerprint density at radius 3 is 2.52 bits per heavy atom. The van der Waals surface area contributed by atoms with E-state index in [1.807, 2.05) is 6.07 Å². The van der Waals surface area contributed by atoms with Crippen LogP contribution in [0.2, 0.25) is 0 Å². The highest BCUT2D eigenvalue weighted by Gasteiger charge is 2.20. The number of aryl methyl sites for hydroxylation is 1. The van der Waals surface area contributed by atoms with Crippen LogP contribution >= 0.6 is 15.9 Å². The molecule has 0 fully saturated rings. The molecule has 0 bridgehead atoms. The average Bonchev–Trinajstić information content (AvgIpc) is 2.45. The molecule has 118 valence electrons. The molecule has 4 heteroatoms. The fraction of sp³-hybridized carbons (Fsp3) is 0.647. The van der Waals surface area contributed by atoms with Crippen molar-refractivity contribution in [2.75, 3.05) is 26.3 Å². The van der Waals surface area contributed by atoms with E-state index in [-0.39, 0.29) is 0 Å². The van der Waals surface area contributed by atoms with Crippen molar-refractivity contribution in [1.82, 2.24) is 5.32 Å². The van der Waals surface area contributed by atoms with Gasteiger partial charge in [0.05, 0.1) is 0 Å². The minimum atomic E-state index is 0.294. The van der Waals surface area contributed by atoms with Gasteiger partial charge in [-0.2, -0.15) is 0 Å². The largest absolute Gasteiger partial charge is 0.486 e. The molecule has 1 N–H and O–H groups in total. The fourth-order valence-electron chi connectivity index (χ4n) is 2.46. The number of nitrogens with one attached hydrogen (secondary N) is 1. The van der Waals surface area contributed by atoms with Gasteiger partial charge in [0.15, 0.2) is 11.5 Å². The Hall–Kier alpha value is -0.740. The van der Waals surface area contributed by atoms with E-state index in [1.165, 1.54) is 12.0 Å². The van der Waals surface area contributed by atoms with E-state index in [0.717, 1.165) is 41.9 Å². The van der Waals surface area contributed by atoms with E-state index < -0.39 is 0 Å². The summed E-state index contributed by atoms with van der Waals surface area (Å²) in [6, 6.07) is 4.15. The molecule has 0 spiro atoms. The third-order valence-electron chi connectivity index (χ3n) is 3.81. The summed E-state index contributed by atoms with van der Waals surface area (Å²) >= 11 is 3.66. The van der Waals surface area contributed by atoms with Crippen molar-refractivity contribution in [3.8, 4) is 11.5 Å². The second-order valence-corrected chi connectivity index (χ2v) is 7.28. The summed E-state index contributed by atoms with van der Waals surface area (Å²) in [4.78, 5) is 0.